The molecule has 3 nitrogen and oxygen atoms in total. The molecule has 4 heteroatoms. The molecule has 0 saturated carbocycles. The molecule has 1 aromatic rings. The van der Waals surface area contributed by atoms with Gasteiger partial charge in [-0.25, -0.2) is 9.79 Å². The molecule has 1 aliphatic heterocycles. The predicted molar refractivity (Wildman–Crippen MR) is 51.2 cm³/mol. The first-order chi connectivity index (χ1) is 6.40. The second kappa shape index (κ2) is 3.56. The zero-order valence-corrected chi connectivity index (χ0v) is 7.49. The van der Waals surface area contributed by atoms with Crippen molar-refractivity contribution in [3.63, 3.8) is 0 Å². The number of nitrogens with zero attached hydrogens (tertiary/aromatic N) is 2. The lowest BCUT2D eigenvalue weighted by molar-refractivity contribution is 0.562. The Labute approximate surface area is 78.9 Å². The molecule has 0 amide bonds. The van der Waals surface area contributed by atoms with E-state index in [1.807, 2.05) is 29.7 Å². The molecule has 1 unspecified atom stereocenters. The molecule has 1 atom stereocenters. The van der Waals surface area contributed by atoms with E-state index in [4.69, 9.17) is 0 Å². The molecule has 0 spiro atoms. The maximum absolute atomic E-state index is 10.0. The van der Waals surface area contributed by atoms with Crippen molar-refractivity contribution in [3.8, 4) is 0 Å². The second-order valence-corrected chi connectivity index (χ2v) is 3.42. The number of hydrogen-bond donors (Lipinski definition) is 0. The second-order valence-electron chi connectivity index (χ2n) is 2.49. The van der Waals surface area contributed by atoms with Crippen LogP contribution in [0.4, 0.5) is 0 Å². The highest BCUT2D eigenvalue weighted by Gasteiger charge is 2.05. The highest BCUT2D eigenvalue weighted by Crippen LogP contribution is 2.15. The number of aliphatic imine (C=N–C) groups is 1. The van der Waals surface area contributed by atoms with Gasteiger partial charge in [-0.15, -0.1) is 0 Å². The van der Waals surface area contributed by atoms with Crippen LogP contribution in [0.15, 0.2) is 34.3 Å². The van der Waals surface area contributed by atoms with Gasteiger partial charge < -0.3 is 0 Å². The third-order valence-electron chi connectivity index (χ3n) is 1.67. The van der Waals surface area contributed by atoms with Crippen LogP contribution in [-0.4, -0.2) is 11.6 Å². The van der Waals surface area contributed by atoms with Crippen LogP contribution in [0.2, 0.25) is 0 Å². The van der Waals surface area contributed by atoms with Gasteiger partial charge in [-0.1, -0.05) is 30.0 Å². The predicted octanol–water partition coefficient (Wildman–Crippen LogP) is 0.410. The van der Waals surface area contributed by atoms with Crippen LogP contribution in [0, 0.1) is 0 Å². The molecule has 2 rings (SSSR count). The molecule has 64 valence electrons. The van der Waals surface area contributed by atoms with Crippen LogP contribution >= 0.6 is 11.8 Å². The summed E-state index contributed by atoms with van der Waals surface area (Å²) in [6, 6.07) is 7.74. The van der Waals surface area contributed by atoms with E-state index in [0.717, 1.165) is 10.6 Å². The molecule has 0 N–H and O–H groups in total. The summed E-state index contributed by atoms with van der Waals surface area (Å²) in [6.07, 6.45) is 1.51. The summed E-state index contributed by atoms with van der Waals surface area (Å²) in [5.74, 6) is 0. The minimum atomic E-state index is -0.354. The van der Waals surface area contributed by atoms with E-state index < -0.39 is 0 Å². The van der Waals surface area contributed by atoms with Crippen molar-refractivity contribution < 1.29 is 4.79 Å². The Morgan fingerprint density at radius 2 is 2.31 bits per heavy atom. The third kappa shape index (κ3) is 1.69. The number of isocyanates is 1. The van der Waals surface area contributed by atoms with Gasteiger partial charge in [-0.3, -0.25) is 0 Å². The standard InChI is InChI=1S/C9H6N2OS/c12-6-10-9-11-8-4-2-1-3-7(8)5-13-9/h1-5,9H. The molecule has 0 aliphatic carbocycles. The molecule has 1 aliphatic rings. The largest absolute Gasteiger partial charge is 0.246 e. The Kier molecular flexibility index (Phi) is 2.25. The number of hydrogen-bond acceptors (Lipinski definition) is 4. The van der Waals surface area contributed by atoms with Crippen molar-refractivity contribution >= 4 is 23.2 Å². The lowest BCUT2D eigenvalue weighted by Crippen LogP contribution is -2.28. The minimum Gasteiger partial charge on any atom is -0.246 e. The highest BCUT2D eigenvalue weighted by molar-refractivity contribution is 8.07. The van der Waals surface area contributed by atoms with Crippen molar-refractivity contribution in [1.29, 1.82) is 0 Å². The number of para-hydroxylation sites is 1. The number of thioether (sulfide) groups is 1. The topological polar surface area (TPSA) is 41.8 Å². The average Bonchev–Trinajstić information content (AvgIpc) is 2.18. The van der Waals surface area contributed by atoms with Gasteiger partial charge in [0.15, 0.2) is 0 Å². The van der Waals surface area contributed by atoms with Crippen molar-refractivity contribution in [3.05, 3.63) is 34.8 Å². The van der Waals surface area contributed by atoms with E-state index in [9.17, 15) is 4.79 Å². The first-order valence-corrected chi connectivity index (χ1v) is 4.70. The molecule has 0 bridgehead atoms. The van der Waals surface area contributed by atoms with Crippen molar-refractivity contribution in [2.45, 2.75) is 5.50 Å². The van der Waals surface area contributed by atoms with Gasteiger partial charge in [-0.05, 0) is 11.5 Å². The molecular weight excluding hydrogens is 184 g/mol. The Balaban J connectivity index is 2.55. The normalized spacial score (nSPS) is 18.9. The number of benzene rings is 1. The van der Waals surface area contributed by atoms with Crippen LogP contribution in [0.25, 0.3) is 5.41 Å². The van der Waals surface area contributed by atoms with Gasteiger partial charge in [0.2, 0.25) is 11.6 Å². The van der Waals surface area contributed by atoms with Crippen LogP contribution in [0.5, 0.6) is 0 Å². The fraction of sp³-hybridized carbons (Fsp3) is 0.111. The highest BCUT2D eigenvalue weighted by atomic mass is 32.2. The molecule has 0 saturated heterocycles. The summed E-state index contributed by atoms with van der Waals surface area (Å²) in [4.78, 5) is 17.8. The van der Waals surface area contributed by atoms with Gasteiger partial charge in [0.05, 0.1) is 5.36 Å². The Bertz CT molecular complexity index is 477. The van der Waals surface area contributed by atoms with Crippen molar-refractivity contribution in [2.75, 3.05) is 0 Å². The van der Waals surface area contributed by atoms with Gasteiger partial charge in [-0.2, -0.15) is 4.99 Å². The first-order valence-electron chi connectivity index (χ1n) is 3.76. The summed E-state index contributed by atoms with van der Waals surface area (Å²) >= 11 is 1.41. The molecule has 0 aromatic heterocycles. The quantitative estimate of drug-likeness (QED) is 0.475. The fourth-order valence-corrected chi connectivity index (χ4v) is 1.84. The van der Waals surface area contributed by atoms with Crippen molar-refractivity contribution in [1.82, 2.24) is 0 Å². The lowest BCUT2D eigenvalue weighted by atomic mass is 10.3. The third-order valence-corrected chi connectivity index (χ3v) is 2.51. The number of carbonyl (C=O) groups excluding carboxylic acids is 1. The molecule has 0 fully saturated rings. The van der Waals surface area contributed by atoms with E-state index >= 15 is 0 Å². The van der Waals surface area contributed by atoms with Crippen LogP contribution in [-0.2, 0) is 4.79 Å². The van der Waals surface area contributed by atoms with E-state index in [0.29, 0.717) is 0 Å². The maximum Gasteiger partial charge on any atom is 0.238 e. The minimum absolute atomic E-state index is 0.354. The zero-order chi connectivity index (χ0) is 9.10. The number of rotatable bonds is 1. The summed E-state index contributed by atoms with van der Waals surface area (Å²) in [5, 5.41) is 3.91. The zero-order valence-electron chi connectivity index (χ0n) is 6.68. The average molecular weight is 190 g/mol. The van der Waals surface area contributed by atoms with Crippen LogP contribution in [0.1, 0.15) is 0 Å². The smallest absolute Gasteiger partial charge is 0.238 e. The Hall–Kier alpha value is -1.38. The van der Waals surface area contributed by atoms with Crippen LogP contribution < -0.4 is 10.6 Å². The lowest BCUT2D eigenvalue weighted by Gasteiger charge is -2.04. The SMILES string of the molecule is O=C=NC1N=c2ccccc2=CS1. The Morgan fingerprint density at radius 3 is 3.15 bits per heavy atom. The van der Waals surface area contributed by atoms with E-state index in [1.165, 1.54) is 17.8 Å². The molecular formula is C9H6N2OS. The number of fused-ring (bicyclic) bond motifs is 1. The van der Waals surface area contributed by atoms with Gasteiger partial charge in [0.1, 0.15) is 0 Å². The first kappa shape index (κ1) is 8.23. The van der Waals surface area contributed by atoms with Gasteiger partial charge in [0.25, 0.3) is 0 Å². The summed E-state index contributed by atoms with van der Waals surface area (Å²) in [6.45, 7) is 0. The van der Waals surface area contributed by atoms with Crippen LogP contribution in [0.3, 0.4) is 0 Å². The van der Waals surface area contributed by atoms with E-state index in [1.54, 1.807) is 0 Å². The molecule has 1 aromatic carbocycles. The molecule has 0 radical (unpaired) electrons. The van der Waals surface area contributed by atoms with Crippen molar-refractivity contribution in [2.24, 2.45) is 9.98 Å². The summed E-state index contributed by atoms with van der Waals surface area (Å²) in [7, 11) is 0. The van der Waals surface area contributed by atoms with E-state index in [2.05, 4.69) is 9.98 Å². The summed E-state index contributed by atoms with van der Waals surface area (Å²) in [5.41, 5.74) is -0.354. The molecule has 1 heterocycles. The molecule has 13 heavy (non-hydrogen) atoms. The summed E-state index contributed by atoms with van der Waals surface area (Å²) < 4.78 is 0. The fourth-order valence-electron chi connectivity index (χ4n) is 1.09. The van der Waals surface area contributed by atoms with E-state index in [-0.39, 0.29) is 5.50 Å². The Morgan fingerprint density at radius 1 is 1.46 bits per heavy atom. The maximum atomic E-state index is 10.0. The monoisotopic (exact) mass is 190 g/mol. The van der Waals surface area contributed by atoms with Gasteiger partial charge >= 0.3 is 0 Å². The van der Waals surface area contributed by atoms with Gasteiger partial charge in [0, 0.05) is 5.22 Å².